The molecule has 0 radical (unpaired) electrons. The van der Waals surface area contributed by atoms with E-state index in [1.165, 1.54) is 6.20 Å². The molecule has 0 atom stereocenters. The van der Waals surface area contributed by atoms with Crippen LogP contribution >= 0.6 is 0 Å². The monoisotopic (exact) mass is 585 g/mol. The average molecular weight is 586 g/mol. The molecule has 0 aliphatic rings. The summed E-state index contributed by atoms with van der Waals surface area (Å²) in [5.74, 6) is 0.546. The third-order valence-corrected chi connectivity index (χ3v) is 7.29. The number of fused-ring (bicyclic) bond motifs is 2. The molecule has 220 valence electrons. The predicted molar refractivity (Wildman–Crippen MR) is 173 cm³/mol. The summed E-state index contributed by atoms with van der Waals surface area (Å²) < 4.78 is 5.49. The summed E-state index contributed by atoms with van der Waals surface area (Å²) in [5.41, 5.74) is 5.58. The van der Waals surface area contributed by atoms with Crippen LogP contribution in [0.25, 0.3) is 33.1 Å². The lowest BCUT2D eigenvalue weighted by Crippen LogP contribution is -2.21. The Bertz CT molecular complexity index is 2010. The Morgan fingerprint density at radius 3 is 2.39 bits per heavy atom. The fourth-order valence-electron chi connectivity index (χ4n) is 4.99. The molecule has 0 unspecified atom stereocenters. The van der Waals surface area contributed by atoms with E-state index in [1.807, 2.05) is 60.7 Å². The lowest BCUT2D eigenvalue weighted by Gasteiger charge is -2.21. The summed E-state index contributed by atoms with van der Waals surface area (Å²) in [7, 11) is 1.58. The Balaban J connectivity index is 1.26. The number of amides is 3. The van der Waals surface area contributed by atoms with Gasteiger partial charge in [0.25, 0.3) is 5.91 Å². The van der Waals surface area contributed by atoms with Gasteiger partial charge in [-0.05, 0) is 58.3 Å². The lowest BCUT2D eigenvalue weighted by molar-refractivity contribution is 0.102. The van der Waals surface area contributed by atoms with Gasteiger partial charge in [-0.3, -0.25) is 15.1 Å². The van der Waals surface area contributed by atoms with Crippen LogP contribution in [0.3, 0.4) is 0 Å². The van der Waals surface area contributed by atoms with E-state index in [-0.39, 0.29) is 17.4 Å². The zero-order valence-electron chi connectivity index (χ0n) is 24.7. The number of aromatic nitrogens is 4. The van der Waals surface area contributed by atoms with Crippen LogP contribution < -0.4 is 20.7 Å². The number of aromatic amines is 1. The summed E-state index contributed by atoms with van der Waals surface area (Å²) in [4.78, 5) is 41.8. The molecule has 44 heavy (non-hydrogen) atoms. The van der Waals surface area contributed by atoms with Crippen LogP contribution in [0, 0.1) is 0 Å². The fourth-order valence-corrected chi connectivity index (χ4v) is 4.99. The summed E-state index contributed by atoms with van der Waals surface area (Å²) >= 11 is 0. The number of hydrogen-bond donors (Lipinski definition) is 4. The Labute approximate surface area is 253 Å². The number of urea groups is 1. The first-order chi connectivity index (χ1) is 21.2. The van der Waals surface area contributed by atoms with Crippen molar-refractivity contribution < 1.29 is 14.3 Å². The van der Waals surface area contributed by atoms with Crippen LogP contribution in [-0.4, -0.2) is 39.0 Å². The molecule has 4 N–H and O–H groups in total. The third-order valence-electron chi connectivity index (χ3n) is 7.29. The molecule has 0 saturated heterocycles. The van der Waals surface area contributed by atoms with Crippen molar-refractivity contribution in [2.24, 2.45) is 0 Å². The van der Waals surface area contributed by atoms with Gasteiger partial charge in [0.15, 0.2) is 5.65 Å². The molecule has 0 bridgehead atoms. The Kier molecular flexibility index (Phi) is 7.40. The zero-order valence-corrected chi connectivity index (χ0v) is 24.7. The van der Waals surface area contributed by atoms with Crippen LogP contribution in [0.2, 0.25) is 0 Å². The number of imidazole rings is 1. The summed E-state index contributed by atoms with van der Waals surface area (Å²) in [6.07, 6.45) is 4.84. The van der Waals surface area contributed by atoms with Crippen molar-refractivity contribution >= 4 is 51.2 Å². The molecular formula is C34H31N7O3. The van der Waals surface area contributed by atoms with Gasteiger partial charge in [-0.15, -0.1) is 0 Å². The predicted octanol–water partition coefficient (Wildman–Crippen LogP) is 7.38. The van der Waals surface area contributed by atoms with Gasteiger partial charge in [-0.25, -0.2) is 9.78 Å². The minimum atomic E-state index is -0.381. The first-order valence-corrected chi connectivity index (χ1v) is 14.1. The Morgan fingerprint density at radius 1 is 0.841 bits per heavy atom. The smallest absolute Gasteiger partial charge is 0.323 e. The van der Waals surface area contributed by atoms with Crippen LogP contribution in [0.4, 0.5) is 22.1 Å². The summed E-state index contributed by atoms with van der Waals surface area (Å²) in [6, 6.07) is 22.4. The van der Waals surface area contributed by atoms with E-state index < -0.39 is 0 Å². The number of H-pyrrole nitrogens is 1. The maximum atomic E-state index is 13.2. The van der Waals surface area contributed by atoms with Crippen molar-refractivity contribution in [1.29, 1.82) is 0 Å². The number of methoxy groups -OCH3 is 1. The van der Waals surface area contributed by atoms with Crippen LogP contribution in [0.15, 0.2) is 91.4 Å². The fraction of sp³-hybridized carbons (Fsp3) is 0.147. The summed E-state index contributed by atoms with van der Waals surface area (Å²) in [6.45, 7) is 6.35. The Morgan fingerprint density at radius 2 is 1.64 bits per heavy atom. The number of carbonyl (C=O) groups excluding carboxylic acids is 2. The molecule has 0 fully saturated rings. The van der Waals surface area contributed by atoms with E-state index in [9.17, 15) is 9.59 Å². The van der Waals surface area contributed by atoms with E-state index >= 15 is 0 Å². The van der Waals surface area contributed by atoms with E-state index in [0.29, 0.717) is 39.8 Å². The second-order valence-corrected chi connectivity index (χ2v) is 11.3. The average Bonchev–Trinajstić information content (AvgIpc) is 3.42. The number of ether oxygens (including phenoxy) is 1. The second kappa shape index (κ2) is 11.5. The van der Waals surface area contributed by atoms with Crippen molar-refractivity contribution in [1.82, 2.24) is 19.9 Å². The van der Waals surface area contributed by atoms with Crippen molar-refractivity contribution in [3.8, 4) is 16.9 Å². The molecule has 6 rings (SSSR count). The van der Waals surface area contributed by atoms with Crippen LogP contribution in [-0.2, 0) is 5.41 Å². The third kappa shape index (κ3) is 5.78. The molecule has 0 saturated carbocycles. The molecule has 3 amide bonds. The topological polar surface area (TPSA) is 134 Å². The molecule has 3 aromatic carbocycles. The normalized spacial score (nSPS) is 11.4. The van der Waals surface area contributed by atoms with E-state index in [1.54, 1.807) is 31.6 Å². The number of rotatable bonds is 6. The number of hydrogen-bond acceptors (Lipinski definition) is 6. The van der Waals surface area contributed by atoms with Gasteiger partial charge in [0.05, 0.1) is 29.6 Å². The van der Waals surface area contributed by atoms with E-state index in [2.05, 4.69) is 56.7 Å². The van der Waals surface area contributed by atoms with Crippen LogP contribution in [0.5, 0.6) is 5.75 Å². The van der Waals surface area contributed by atoms with Gasteiger partial charge in [0.2, 0.25) is 5.95 Å². The molecule has 0 aliphatic carbocycles. The molecule has 0 aliphatic heterocycles. The number of carbonyl (C=O) groups is 2. The van der Waals surface area contributed by atoms with Gasteiger partial charge in [-0.2, -0.15) is 4.98 Å². The number of benzene rings is 3. The minimum Gasteiger partial charge on any atom is -0.495 e. The zero-order chi connectivity index (χ0) is 30.8. The molecule has 0 spiro atoms. The minimum absolute atomic E-state index is 0.0886. The molecule has 10 nitrogen and oxygen atoms in total. The highest BCUT2D eigenvalue weighted by Crippen LogP contribution is 2.35. The maximum Gasteiger partial charge on any atom is 0.323 e. The first-order valence-electron chi connectivity index (χ1n) is 14.1. The van der Waals surface area contributed by atoms with Gasteiger partial charge in [0, 0.05) is 29.5 Å². The van der Waals surface area contributed by atoms with Gasteiger partial charge in [-0.1, -0.05) is 57.2 Å². The second-order valence-electron chi connectivity index (χ2n) is 11.3. The molecule has 10 heteroatoms. The van der Waals surface area contributed by atoms with Gasteiger partial charge >= 0.3 is 6.03 Å². The standard InChI is InChI=1S/C34H31N7O3/c1-34(2,3)22-11-14-29(44-4)27(17-22)39-33(43)38-26-13-12-23(24-9-5-6-10-25(24)26)21-16-28-30(36-19-21)40-32(37-28)41-31(42)20-8-7-15-35-18-20/h5-19H,1-4H3,(H2,38,39,43)(H2,36,37,40,41,42). The van der Waals surface area contributed by atoms with Crippen molar-refractivity contribution in [2.45, 2.75) is 26.2 Å². The number of nitrogens with one attached hydrogen (secondary N) is 4. The van der Waals surface area contributed by atoms with Crippen LogP contribution in [0.1, 0.15) is 36.7 Å². The molecule has 3 heterocycles. The van der Waals surface area contributed by atoms with E-state index in [0.717, 1.165) is 27.5 Å². The van der Waals surface area contributed by atoms with E-state index in [4.69, 9.17) is 4.74 Å². The SMILES string of the molecule is COc1ccc(C(C)(C)C)cc1NC(=O)Nc1ccc(-c2cnc3nc(NC(=O)c4cccnc4)[nH]c3c2)c2ccccc12. The highest BCUT2D eigenvalue weighted by atomic mass is 16.5. The lowest BCUT2D eigenvalue weighted by atomic mass is 9.87. The highest BCUT2D eigenvalue weighted by Gasteiger charge is 2.18. The maximum absolute atomic E-state index is 13.2. The quantitative estimate of drug-likeness (QED) is 0.161. The first kappa shape index (κ1) is 28.4. The largest absolute Gasteiger partial charge is 0.495 e. The molecule has 6 aromatic rings. The van der Waals surface area contributed by atoms with Crippen molar-refractivity contribution in [3.63, 3.8) is 0 Å². The highest BCUT2D eigenvalue weighted by molar-refractivity contribution is 6.10. The Hall–Kier alpha value is -5.77. The number of pyridine rings is 2. The molecule has 3 aromatic heterocycles. The van der Waals surface area contributed by atoms with Crippen molar-refractivity contribution in [2.75, 3.05) is 23.1 Å². The van der Waals surface area contributed by atoms with Crippen molar-refractivity contribution in [3.05, 3.63) is 103 Å². The van der Waals surface area contributed by atoms with Gasteiger partial charge in [0.1, 0.15) is 5.75 Å². The summed E-state index contributed by atoms with van der Waals surface area (Å²) in [5, 5.41) is 10.5. The van der Waals surface area contributed by atoms with Gasteiger partial charge < -0.3 is 20.4 Å². The number of nitrogens with zero attached hydrogens (tertiary/aromatic N) is 3. The number of anilines is 3. The molecular weight excluding hydrogens is 554 g/mol.